The fraction of sp³-hybridized carbons (Fsp3) is 0.409. The Morgan fingerprint density at radius 3 is 2.46 bits per heavy atom. The van der Waals surface area contributed by atoms with Crippen molar-refractivity contribution < 1.29 is 13.2 Å². The largest absolute Gasteiger partial charge is 0.330 e. The Kier molecular flexibility index (Phi) is 6.10. The highest BCUT2D eigenvalue weighted by molar-refractivity contribution is 7.91. The van der Waals surface area contributed by atoms with Crippen LogP contribution >= 0.6 is 11.3 Å². The summed E-state index contributed by atoms with van der Waals surface area (Å²) in [5.41, 5.74) is 2.28. The van der Waals surface area contributed by atoms with Crippen molar-refractivity contribution in [3.63, 3.8) is 0 Å². The monoisotopic (exact) mass is 417 g/mol. The fourth-order valence-corrected chi connectivity index (χ4v) is 5.77. The molecule has 0 saturated carbocycles. The van der Waals surface area contributed by atoms with E-state index >= 15 is 0 Å². The summed E-state index contributed by atoms with van der Waals surface area (Å²) >= 11 is 1.58. The number of hydrogen-bond donors (Lipinski definition) is 0. The van der Waals surface area contributed by atoms with Crippen LogP contribution in [0.15, 0.2) is 47.9 Å². The predicted octanol–water partition coefficient (Wildman–Crippen LogP) is 4.27. The number of thiophene rings is 1. The highest BCUT2D eigenvalue weighted by Crippen LogP contribution is 2.24. The van der Waals surface area contributed by atoms with Crippen molar-refractivity contribution in [2.75, 3.05) is 11.5 Å². The van der Waals surface area contributed by atoms with E-state index in [9.17, 15) is 13.2 Å². The molecule has 4 nitrogen and oxygen atoms in total. The molecule has 1 saturated heterocycles. The molecule has 3 rings (SSSR count). The van der Waals surface area contributed by atoms with Gasteiger partial charge in [0, 0.05) is 17.0 Å². The van der Waals surface area contributed by atoms with Gasteiger partial charge < -0.3 is 4.90 Å². The number of hydrogen-bond acceptors (Lipinski definition) is 4. The lowest BCUT2D eigenvalue weighted by molar-refractivity contribution is -0.128. The Labute approximate surface area is 171 Å². The van der Waals surface area contributed by atoms with Gasteiger partial charge in [0.1, 0.15) is 0 Å². The highest BCUT2D eigenvalue weighted by Gasteiger charge is 2.34. The zero-order valence-corrected chi connectivity index (χ0v) is 18.2. The molecule has 0 spiro atoms. The van der Waals surface area contributed by atoms with Gasteiger partial charge in [-0.05, 0) is 40.5 Å². The third kappa shape index (κ3) is 5.32. The number of carbonyl (C=O) groups is 1. The molecule has 0 aliphatic carbocycles. The topological polar surface area (TPSA) is 54.5 Å². The molecule has 0 unspecified atom stereocenters. The van der Waals surface area contributed by atoms with E-state index in [4.69, 9.17) is 0 Å². The summed E-state index contributed by atoms with van der Waals surface area (Å²) in [7, 11) is -3.05. The lowest BCUT2D eigenvalue weighted by Crippen LogP contribution is -2.39. The zero-order valence-electron chi connectivity index (χ0n) is 16.6. The Balaban J connectivity index is 1.76. The van der Waals surface area contributed by atoms with Crippen LogP contribution in [0.1, 0.15) is 43.2 Å². The van der Waals surface area contributed by atoms with Crippen molar-refractivity contribution in [3.8, 4) is 0 Å². The van der Waals surface area contributed by atoms with Crippen molar-refractivity contribution >= 4 is 33.2 Å². The van der Waals surface area contributed by atoms with Gasteiger partial charge in [0.15, 0.2) is 9.84 Å². The van der Waals surface area contributed by atoms with Crippen LogP contribution in [-0.4, -0.2) is 36.8 Å². The average Bonchev–Trinajstić information content (AvgIpc) is 3.26. The van der Waals surface area contributed by atoms with E-state index in [1.807, 2.05) is 29.6 Å². The van der Waals surface area contributed by atoms with Crippen LogP contribution in [0.5, 0.6) is 0 Å². The molecular weight excluding hydrogens is 390 g/mol. The van der Waals surface area contributed by atoms with Gasteiger partial charge in [-0.2, -0.15) is 0 Å². The lowest BCUT2D eigenvalue weighted by Gasteiger charge is -2.26. The second-order valence-electron chi connectivity index (χ2n) is 8.31. The first-order valence-electron chi connectivity index (χ1n) is 9.46. The van der Waals surface area contributed by atoms with E-state index in [-0.39, 0.29) is 28.9 Å². The SMILES string of the molecule is CC(C)(C)c1ccc(/C=C/C(=O)N(Cc2cccs2)[C@H]2CCS(=O)(=O)C2)cc1. The predicted molar refractivity (Wildman–Crippen MR) is 116 cm³/mol. The maximum Gasteiger partial charge on any atom is 0.247 e. The quantitative estimate of drug-likeness (QED) is 0.683. The summed E-state index contributed by atoms with van der Waals surface area (Å²) in [6, 6.07) is 11.8. The highest BCUT2D eigenvalue weighted by atomic mass is 32.2. The summed E-state index contributed by atoms with van der Waals surface area (Å²) < 4.78 is 23.8. The molecule has 0 N–H and O–H groups in total. The minimum atomic E-state index is -3.05. The standard InChI is InChI=1S/C22H27NO3S2/c1-22(2,3)18-9-6-17(7-10-18)8-11-21(24)23(15-20-5-4-13-27-20)19-12-14-28(25,26)16-19/h4-11,13,19H,12,14-16H2,1-3H3/b11-8+/t19-/m0/s1. The Morgan fingerprint density at radius 2 is 1.93 bits per heavy atom. The molecule has 1 aromatic carbocycles. The molecule has 1 aliphatic rings. The second-order valence-corrected chi connectivity index (χ2v) is 11.6. The van der Waals surface area contributed by atoms with Gasteiger partial charge in [0.05, 0.1) is 18.1 Å². The van der Waals surface area contributed by atoms with Gasteiger partial charge in [-0.25, -0.2) is 8.42 Å². The summed E-state index contributed by atoms with van der Waals surface area (Å²) in [6.45, 7) is 6.95. The number of nitrogens with zero attached hydrogens (tertiary/aromatic N) is 1. The Morgan fingerprint density at radius 1 is 1.21 bits per heavy atom. The summed E-state index contributed by atoms with van der Waals surface area (Å²) in [4.78, 5) is 15.7. The fourth-order valence-electron chi connectivity index (χ4n) is 3.34. The number of carbonyl (C=O) groups excluding carboxylic acids is 1. The molecule has 1 atom stereocenters. The molecule has 6 heteroatoms. The minimum Gasteiger partial charge on any atom is -0.330 e. The summed E-state index contributed by atoms with van der Waals surface area (Å²) in [6.07, 6.45) is 3.87. The van der Waals surface area contributed by atoms with Gasteiger partial charge in [-0.1, -0.05) is 51.1 Å². The van der Waals surface area contributed by atoms with Crippen molar-refractivity contribution in [1.29, 1.82) is 0 Å². The molecule has 1 aromatic heterocycles. The molecule has 1 amide bonds. The molecule has 1 aliphatic heterocycles. The van der Waals surface area contributed by atoms with E-state index in [0.717, 1.165) is 10.4 Å². The summed E-state index contributed by atoms with van der Waals surface area (Å²) in [5.74, 6) is 0.0673. The van der Waals surface area contributed by atoms with E-state index in [0.29, 0.717) is 13.0 Å². The first-order valence-corrected chi connectivity index (χ1v) is 12.2. The molecule has 0 bridgehead atoms. The molecule has 28 heavy (non-hydrogen) atoms. The van der Waals surface area contributed by atoms with Crippen LogP contribution in [0.2, 0.25) is 0 Å². The van der Waals surface area contributed by atoms with Gasteiger partial charge in [0.25, 0.3) is 0 Å². The molecular formula is C22H27NO3S2. The second kappa shape index (κ2) is 8.21. The van der Waals surface area contributed by atoms with Crippen LogP contribution in [0, 0.1) is 0 Å². The normalized spacial score (nSPS) is 19.2. The lowest BCUT2D eigenvalue weighted by atomic mass is 9.87. The van der Waals surface area contributed by atoms with Gasteiger partial charge >= 0.3 is 0 Å². The van der Waals surface area contributed by atoms with Crippen LogP contribution in [0.25, 0.3) is 6.08 Å². The third-order valence-electron chi connectivity index (χ3n) is 5.03. The molecule has 0 radical (unpaired) electrons. The third-order valence-corrected chi connectivity index (χ3v) is 7.65. The molecule has 2 aromatic rings. The number of amides is 1. The number of rotatable bonds is 5. The van der Waals surface area contributed by atoms with E-state index in [1.165, 1.54) is 5.56 Å². The van der Waals surface area contributed by atoms with Crippen LogP contribution in [0.4, 0.5) is 0 Å². The van der Waals surface area contributed by atoms with E-state index < -0.39 is 9.84 Å². The Hall–Kier alpha value is -1.92. The molecule has 1 fully saturated rings. The van der Waals surface area contributed by atoms with E-state index in [1.54, 1.807) is 28.4 Å². The van der Waals surface area contributed by atoms with Crippen LogP contribution in [0.3, 0.4) is 0 Å². The minimum absolute atomic E-state index is 0.0538. The van der Waals surface area contributed by atoms with E-state index in [2.05, 4.69) is 32.9 Å². The van der Waals surface area contributed by atoms with Crippen molar-refractivity contribution in [3.05, 3.63) is 63.9 Å². The van der Waals surface area contributed by atoms with Crippen molar-refractivity contribution in [1.82, 2.24) is 4.90 Å². The van der Waals surface area contributed by atoms with Gasteiger partial charge in [-0.15, -0.1) is 11.3 Å². The van der Waals surface area contributed by atoms with Crippen molar-refractivity contribution in [2.24, 2.45) is 0 Å². The Bertz CT molecular complexity index is 937. The van der Waals surface area contributed by atoms with Crippen molar-refractivity contribution in [2.45, 2.75) is 45.2 Å². The smallest absolute Gasteiger partial charge is 0.247 e. The first kappa shape index (κ1) is 20.8. The maximum atomic E-state index is 12.9. The van der Waals surface area contributed by atoms with Gasteiger partial charge in [-0.3, -0.25) is 4.79 Å². The molecule has 2 heterocycles. The number of sulfone groups is 1. The summed E-state index contributed by atoms with van der Waals surface area (Å²) in [5, 5.41) is 1.97. The molecule has 150 valence electrons. The average molecular weight is 418 g/mol. The maximum absolute atomic E-state index is 12.9. The van der Waals surface area contributed by atoms with Crippen LogP contribution < -0.4 is 0 Å². The van der Waals surface area contributed by atoms with Crippen LogP contribution in [-0.2, 0) is 26.6 Å². The first-order chi connectivity index (χ1) is 13.1. The zero-order chi connectivity index (χ0) is 20.4. The number of benzene rings is 1. The van der Waals surface area contributed by atoms with Gasteiger partial charge in [0.2, 0.25) is 5.91 Å².